The molecule has 2 atom stereocenters. The first-order valence-corrected chi connectivity index (χ1v) is 8.15. The van der Waals surface area contributed by atoms with Gasteiger partial charge < -0.3 is 5.32 Å². The van der Waals surface area contributed by atoms with Gasteiger partial charge in [-0.15, -0.1) is 0 Å². The van der Waals surface area contributed by atoms with E-state index in [4.69, 9.17) is 0 Å². The van der Waals surface area contributed by atoms with Crippen LogP contribution in [-0.4, -0.2) is 47.6 Å². The highest BCUT2D eigenvalue weighted by molar-refractivity contribution is 7.99. The molecule has 3 rings (SSSR count). The Hall–Kier alpha value is 0.270. The van der Waals surface area contributed by atoms with E-state index < -0.39 is 0 Å². The normalized spacial score (nSPS) is 37.5. The number of nitrogens with one attached hydrogen (secondary N) is 1. The van der Waals surface area contributed by atoms with E-state index in [1.807, 2.05) is 0 Å². The Morgan fingerprint density at radius 1 is 1.00 bits per heavy atom. The zero-order valence-electron chi connectivity index (χ0n) is 10.2. The Labute approximate surface area is 104 Å². The fourth-order valence-electron chi connectivity index (χ4n) is 3.07. The number of rotatable bonds is 3. The highest BCUT2D eigenvalue weighted by atomic mass is 32.2. The van der Waals surface area contributed by atoms with Crippen LogP contribution in [0.1, 0.15) is 38.5 Å². The number of nitrogens with zero attached hydrogens (tertiary/aromatic N) is 1. The van der Waals surface area contributed by atoms with Crippen molar-refractivity contribution in [2.24, 2.45) is 0 Å². The molecule has 3 aliphatic rings. The summed E-state index contributed by atoms with van der Waals surface area (Å²) < 4.78 is 0. The van der Waals surface area contributed by atoms with E-state index in [1.165, 1.54) is 63.1 Å². The average Bonchev–Trinajstić information content (AvgIpc) is 3.15. The van der Waals surface area contributed by atoms with Crippen LogP contribution in [0.2, 0.25) is 0 Å². The van der Waals surface area contributed by atoms with Crippen LogP contribution in [0.4, 0.5) is 0 Å². The van der Waals surface area contributed by atoms with Crippen LogP contribution in [-0.2, 0) is 0 Å². The van der Waals surface area contributed by atoms with Crippen LogP contribution in [0, 0.1) is 0 Å². The monoisotopic (exact) mass is 240 g/mol. The first-order chi connectivity index (χ1) is 7.92. The van der Waals surface area contributed by atoms with Crippen molar-refractivity contribution < 1.29 is 0 Å². The summed E-state index contributed by atoms with van der Waals surface area (Å²) in [7, 11) is 0. The minimum Gasteiger partial charge on any atom is -0.310 e. The molecule has 0 aromatic carbocycles. The van der Waals surface area contributed by atoms with E-state index in [0.29, 0.717) is 0 Å². The summed E-state index contributed by atoms with van der Waals surface area (Å²) in [6.45, 7) is 2.68. The Balaban J connectivity index is 1.49. The Kier molecular flexibility index (Phi) is 3.75. The highest BCUT2D eigenvalue weighted by Gasteiger charge is 2.30. The van der Waals surface area contributed by atoms with Gasteiger partial charge in [-0.25, -0.2) is 0 Å². The first-order valence-electron chi connectivity index (χ1n) is 6.99. The Morgan fingerprint density at radius 3 is 2.69 bits per heavy atom. The molecule has 0 amide bonds. The molecule has 0 aromatic heterocycles. The maximum Gasteiger partial charge on any atom is 0.0198 e. The highest BCUT2D eigenvalue weighted by Crippen LogP contribution is 2.26. The molecule has 1 aliphatic carbocycles. The smallest absolute Gasteiger partial charge is 0.0198 e. The molecule has 2 heterocycles. The summed E-state index contributed by atoms with van der Waals surface area (Å²) in [6, 6.07) is 2.57. The number of hydrogen-bond acceptors (Lipinski definition) is 3. The molecule has 2 unspecified atom stereocenters. The molecule has 3 fully saturated rings. The maximum atomic E-state index is 3.81. The van der Waals surface area contributed by atoms with Crippen LogP contribution in [0.15, 0.2) is 0 Å². The number of piperidine rings is 1. The van der Waals surface area contributed by atoms with Gasteiger partial charge in [0, 0.05) is 30.4 Å². The molecule has 1 saturated carbocycles. The molecule has 3 heteroatoms. The molecular formula is C13H24N2S. The average molecular weight is 240 g/mol. The second-order valence-corrected chi connectivity index (χ2v) is 6.80. The van der Waals surface area contributed by atoms with Gasteiger partial charge in [-0.2, -0.15) is 11.8 Å². The zero-order chi connectivity index (χ0) is 10.8. The van der Waals surface area contributed by atoms with Gasteiger partial charge in [0.25, 0.3) is 0 Å². The van der Waals surface area contributed by atoms with Gasteiger partial charge in [0.1, 0.15) is 0 Å². The molecule has 0 spiro atoms. The lowest BCUT2D eigenvalue weighted by molar-refractivity contribution is 0.139. The standard InChI is InChI=1S/C13H24N2S/c1-3-12(14-11-5-6-11)9-15(7-1)13-4-2-8-16-10-13/h11-14H,1-10H2. The van der Waals surface area contributed by atoms with E-state index >= 15 is 0 Å². The number of hydrogen-bond donors (Lipinski definition) is 1. The quantitative estimate of drug-likeness (QED) is 0.813. The molecule has 2 aliphatic heterocycles. The molecule has 92 valence electrons. The predicted molar refractivity (Wildman–Crippen MR) is 71.1 cm³/mol. The third-order valence-corrected chi connectivity index (χ3v) is 5.35. The minimum atomic E-state index is 0.799. The lowest BCUT2D eigenvalue weighted by atomic mass is 10.0. The van der Waals surface area contributed by atoms with E-state index in [0.717, 1.165) is 18.1 Å². The number of likely N-dealkylation sites (tertiary alicyclic amines) is 1. The summed E-state index contributed by atoms with van der Waals surface area (Å²) in [5, 5.41) is 3.81. The molecule has 16 heavy (non-hydrogen) atoms. The van der Waals surface area contributed by atoms with Crippen molar-refractivity contribution in [3.63, 3.8) is 0 Å². The van der Waals surface area contributed by atoms with E-state index in [-0.39, 0.29) is 0 Å². The lowest BCUT2D eigenvalue weighted by Crippen LogP contribution is -2.51. The van der Waals surface area contributed by atoms with Crippen molar-refractivity contribution in [3.8, 4) is 0 Å². The Morgan fingerprint density at radius 2 is 1.94 bits per heavy atom. The van der Waals surface area contributed by atoms with Crippen molar-refractivity contribution in [2.45, 2.75) is 56.7 Å². The number of thioether (sulfide) groups is 1. The third-order valence-electron chi connectivity index (χ3n) is 4.15. The molecule has 0 bridgehead atoms. The fraction of sp³-hybridized carbons (Fsp3) is 1.00. The minimum absolute atomic E-state index is 0.799. The molecule has 2 saturated heterocycles. The molecule has 1 N–H and O–H groups in total. The van der Waals surface area contributed by atoms with Crippen LogP contribution < -0.4 is 5.32 Å². The summed E-state index contributed by atoms with van der Waals surface area (Å²) in [5.41, 5.74) is 0. The van der Waals surface area contributed by atoms with Gasteiger partial charge in [0.2, 0.25) is 0 Å². The van der Waals surface area contributed by atoms with Crippen molar-refractivity contribution in [3.05, 3.63) is 0 Å². The van der Waals surface area contributed by atoms with Crippen molar-refractivity contribution in [1.82, 2.24) is 10.2 Å². The first kappa shape index (κ1) is 11.4. The van der Waals surface area contributed by atoms with Gasteiger partial charge in [-0.3, -0.25) is 4.90 Å². The van der Waals surface area contributed by atoms with Crippen molar-refractivity contribution in [1.29, 1.82) is 0 Å². The van der Waals surface area contributed by atoms with E-state index in [2.05, 4.69) is 22.0 Å². The molecule has 0 aromatic rings. The molecular weight excluding hydrogens is 216 g/mol. The topological polar surface area (TPSA) is 15.3 Å². The summed E-state index contributed by atoms with van der Waals surface area (Å²) in [5.74, 6) is 2.78. The largest absolute Gasteiger partial charge is 0.310 e. The summed E-state index contributed by atoms with van der Waals surface area (Å²) in [4.78, 5) is 2.77. The zero-order valence-corrected chi connectivity index (χ0v) is 11.0. The summed E-state index contributed by atoms with van der Waals surface area (Å²) in [6.07, 6.45) is 8.56. The van der Waals surface area contributed by atoms with Crippen molar-refractivity contribution in [2.75, 3.05) is 24.6 Å². The van der Waals surface area contributed by atoms with E-state index in [1.54, 1.807) is 0 Å². The lowest BCUT2D eigenvalue weighted by Gasteiger charge is -2.40. The Bertz CT molecular complexity index is 224. The van der Waals surface area contributed by atoms with Gasteiger partial charge in [-0.1, -0.05) is 0 Å². The van der Waals surface area contributed by atoms with Gasteiger partial charge in [-0.05, 0) is 50.8 Å². The molecule has 0 radical (unpaired) electrons. The second kappa shape index (κ2) is 5.28. The van der Waals surface area contributed by atoms with Gasteiger partial charge in [0.05, 0.1) is 0 Å². The second-order valence-electron chi connectivity index (χ2n) is 5.65. The van der Waals surface area contributed by atoms with Crippen LogP contribution in [0.5, 0.6) is 0 Å². The predicted octanol–water partition coefficient (Wildman–Crippen LogP) is 2.10. The van der Waals surface area contributed by atoms with Crippen LogP contribution >= 0.6 is 11.8 Å². The maximum absolute atomic E-state index is 3.81. The van der Waals surface area contributed by atoms with Crippen molar-refractivity contribution >= 4 is 11.8 Å². The van der Waals surface area contributed by atoms with Crippen LogP contribution in [0.25, 0.3) is 0 Å². The summed E-state index contributed by atoms with van der Waals surface area (Å²) >= 11 is 2.16. The SMILES string of the molecule is C1CSCC(N2CCCC(NC3CC3)C2)C1. The third kappa shape index (κ3) is 2.93. The van der Waals surface area contributed by atoms with Crippen LogP contribution in [0.3, 0.4) is 0 Å². The van der Waals surface area contributed by atoms with E-state index in [9.17, 15) is 0 Å². The molecule has 2 nitrogen and oxygen atoms in total. The van der Waals surface area contributed by atoms with Gasteiger partial charge in [0.15, 0.2) is 0 Å². The van der Waals surface area contributed by atoms with Gasteiger partial charge >= 0.3 is 0 Å². The fourth-order valence-corrected chi connectivity index (χ4v) is 4.26.